The van der Waals surface area contributed by atoms with Crippen molar-refractivity contribution in [2.24, 2.45) is 5.41 Å². The van der Waals surface area contributed by atoms with E-state index in [0.29, 0.717) is 5.41 Å². The van der Waals surface area contributed by atoms with E-state index in [2.05, 4.69) is 42.6 Å². The van der Waals surface area contributed by atoms with Crippen LogP contribution in [0.25, 0.3) is 0 Å². The summed E-state index contributed by atoms with van der Waals surface area (Å²) in [5.74, 6) is 0. The Morgan fingerprint density at radius 2 is 1.94 bits per heavy atom. The van der Waals surface area contributed by atoms with Crippen LogP contribution >= 0.6 is 0 Å². The summed E-state index contributed by atoms with van der Waals surface area (Å²) < 4.78 is 0. The first kappa shape index (κ1) is 12.6. The summed E-state index contributed by atoms with van der Waals surface area (Å²) in [6, 6.07) is 10.9. The van der Waals surface area contributed by atoms with E-state index in [0.717, 1.165) is 6.54 Å². The van der Waals surface area contributed by atoms with Crippen molar-refractivity contribution in [3.63, 3.8) is 0 Å². The molecule has 0 saturated heterocycles. The number of hydrogen-bond acceptors (Lipinski definition) is 1. The lowest BCUT2D eigenvalue weighted by Gasteiger charge is -2.42. The van der Waals surface area contributed by atoms with Crippen molar-refractivity contribution in [3.05, 3.63) is 35.9 Å². The van der Waals surface area contributed by atoms with Gasteiger partial charge in [0.25, 0.3) is 0 Å². The summed E-state index contributed by atoms with van der Waals surface area (Å²) >= 11 is 0. The SMILES string of the molecule is CCNCC1(CCCc2ccccc2)CCC1. The number of aryl methyl sites for hydroxylation is 1. The maximum atomic E-state index is 3.54. The molecule has 0 bridgehead atoms. The maximum absolute atomic E-state index is 3.54. The van der Waals surface area contributed by atoms with E-state index in [1.165, 1.54) is 50.6 Å². The lowest BCUT2D eigenvalue weighted by atomic mass is 9.65. The third-order valence-electron chi connectivity index (χ3n) is 4.18. The molecule has 1 aliphatic rings. The van der Waals surface area contributed by atoms with Crippen LogP contribution in [0.1, 0.15) is 44.6 Å². The van der Waals surface area contributed by atoms with Crippen molar-refractivity contribution in [2.75, 3.05) is 13.1 Å². The zero-order valence-electron chi connectivity index (χ0n) is 11.0. The Hall–Kier alpha value is -0.820. The van der Waals surface area contributed by atoms with Gasteiger partial charge in [-0.05, 0) is 49.6 Å². The topological polar surface area (TPSA) is 12.0 Å². The predicted molar refractivity (Wildman–Crippen MR) is 74.2 cm³/mol. The lowest BCUT2D eigenvalue weighted by molar-refractivity contribution is 0.115. The fourth-order valence-electron chi connectivity index (χ4n) is 2.89. The molecule has 1 N–H and O–H groups in total. The minimum Gasteiger partial charge on any atom is -0.316 e. The van der Waals surface area contributed by atoms with Gasteiger partial charge in [0.1, 0.15) is 0 Å². The van der Waals surface area contributed by atoms with Gasteiger partial charge in [-0.2, -0.15) is 0 Å². The van der Waals surface area contributed by atoms with E-state index in [1.54, 1.807) is 0 Å². The van der Waals surface area contributed by atoms with Crippen molar-refractivity contribution >= 4 is 0 Å². The van der Waals surface area contributed by atoms with Gasteiger partial charge in [-0.25, -0.2) is 0 Å². The number of benzene rings is 1. The second-order valence-corrected chi connectivity index (χ2v) is 5.47. The molecule has 1 aliphatic carbocycles. The van der Waals surface area contributed by atoms with E-state index in [4.69, 9.17) is 0 Å². The van der Waals surface area contributed by atoms with Crippen LogP contribution in [-0.2, 0) is 6.42 Å². The van der Waals surface area contributed by atoms with Crippen LogP contribution in [0.15, 0.2) is 30.3 Å². The Balaban J connectivity index is 1.73. The molecule has 94 valence electrons. The zero-order valence-corrected chi connectivity index (χ0v) is 11.0. The van der Waals surface area contributed by atoms with Crippen molar-refractivity contribution in [1.29, 1.82) is 0 Å². The van der Waals surface area contributed by atoms with Crippen LogP contribution in [0, 0.1) is 5.41 Å². The Bertz CT molecular complexity index is 314. The Labute approximate surface area is 106 Å². The van der Waals surface area contributed by atoms with Crippen LogP contribution < -0.4 is 5.32 Å². The molecule has 0 heterocycles. The Morgan fingerprint density at radius 3 is 2.53 bits per heavy atom. The largest absolute Gasteiger partial charge is 0.316 e. The minimum atomic E-state index is 0.644. The molecule has 1 fully saturated rings. The van der Waals surface area contributed by atoms with Gasteiger partial charge in [0.15, 0.2) is 0 Å². The standard InChI is InChI=1S/C16H25N/c1-2-17-14-16(12-7-13-16)11-6-10-15-8-4-3-5-9-15/h3-5,8-9,17H,2,6-7,10-14H2,1H3. The summed E-state index contributed by atoms with van der Waals surface area (Å²) in [6.45, 7) is 4.55. The first-order chi connectivity index (χ1) is 8.35. The molecule has 0 aliphatic heterocycles. The van der Waals surface area contributed by atoms with Crippen molar-refractivity contribution in [1.82, 2.24) is 5.32 Å². The van der Waals surface area contributed by atoms with Crippen molar-refractivity contribution in [3.8, 4) is 0 Å². The summed E-state index contributed by atoms with van der Waals surface area (Å²) in [4.78, 5) is 0. The molecule has 0 unspecified atom stereocenters. The van der Waals surface area contributed by atoms with E-state index < -0.39 is 0 Å². The molecular weight excluding hydrogens is 206 g/mol. The summed E-state index contributed by atoms with van der Waals surface area (Å²) in [5, 5.41) is 3.54. The summed E-state index contributed by atoms with van der Waals surface area (Å²) in [7, 11) is 0. The van der Waals surface area contributed by atoms with E-state index in [9.17, 15) is 0 Å². The molecular formula is C16H25N. The Kier molecular flexibility index (Phi) is 4.61. The molecule has 0 aromatic heterocycles. The highest BCUT2D eigenvalue weighted by Crippen LogP contribution is 2.44. The highest BCUT2D eigenvalue weighted by Gasteiger charge is 2.35. The first-order valence-corrected chi connectivity index (χ1v) is 7.09. The van der Waals surface area contributed by atoms with Gasteiger partial charge in [-0.15, -0.1) is 0 Å². The molecule has 2 rings (SSSR count). The van der Waals surface area contributed by atoms with Gasteiger partial charge in [0.05, 0.1) is 0 Å². The highest BCUT2D eigenvalue weighted by molar-refractivity contribution is 5.14. The lowest BCUT2D eigenvalue weighted by Crippen LogP contribution is -2.39. The van der Waals surface area contributed by atoms with Crippen LogP contribution in [0.3, 0.4) is 0 Å². The van der Waals surface area contributed by atoms with Gasteiger partial charge < -0.3 is 5.32 Å². The van der Waals surface area contributed by atoms with Gasteiger partial charge in [0.2, 0.25) is 0 Å². The summed E-state index contributed by atoms with van der Waals surface area (Å²) in [6.07, 6.45) is 8.30. The second kappa shape index (κ2) is 6.20. The molecule has 1 heteroatoms. The fourth-order valence-corrected chi connectivity index (χ4v) is 2.89. The molecule has 1 aromatic rings. The van der Waals surface area contributed by atoms with Crippen LogP contribution in [0.2, 0.25) is 0 Å². The molecule has 0 spiro atoms. The van der Waals surface area contributed by atoms with E-state index in [-0.39, 0.29) is 0 Å². The normalized spacial score (nSPS) is 17.7. The third kappa shape index (κ3) is 3.57. The molecule has 17 heavy (non-hydrogen) atoms. The number of nitrogens with one attached hydrogen (secondary N) is 1. The molecule has 0 amide bonds. The van der Waals surface area contributed by atoms with Crippen molar-refractivity contribution in [2.45, 2.75) is 45.4 Å². The highest BCUT2D eigenvalue weighted by atomic mass is 14.9. The number of rotatable bonds is 7. The molecule has 0 atom stereocenters. The monoisotopic (exact) mass is 231 g/mol. The number of hydrogen-bond donors (Lipinski definition) is 1. The van der Waals surface area contributed by atoms with Crippen molar-refractivity contribution < 1.29 is 0 Å². The molecule has 1 nitrogen and oxygen atoms in total. The van der Waals surface area contributed by atoms with Gasteiger partial charge in [-0.1, -0.05) is 43.7 Å². The fraction of sp³-hybridized carbons (Fsp3) is 0.625. The third-order valence-corrected chi connectivity index (χ3v) is 4.18. The quantitative estimate of drug-likeness (QED) is 0.753. The smallest absolute Gasteiger partial charge is 0.000769 e. The summed E-state index contributed by atoms with van der Waals surface area (Å²) in [5.41, 5.74) is 2.13. The average Bonchev–Trinajstić information content (AvgIpc) is 2.33. The molecule has 0 radical (unpaired) electrons. The second-order valence-electron chi connectivity index (χ2n) is 5.47. The maximum Gasteiger partial charge on any atom is 0.000769 e. The zero-order chi connectivity index (χ0) is 12.0. The minimum absolute atomic E-state index is 0.644. The van der Waals surface area contributed by atoms with E-state index >= 15 is 0 Å². The molecule has 1 aromatic carbocycles. The average molecular weight is 231 g/mol. The first-order valence-electron chi connectivity index (χ1n) is 7.09. The predicted octanol–water partition coefficient (Wildman–Crippen LogP) is 3.79. The van der Waals surface area contributed by atoms with Crippen LogP contribution in [0.4, 0.5) is 0 Å². The van der Waals surface area contributed by atoms with Crippen LogP contribution in [0.5, 0.6) is 0 Å². The van der Waals surface area contributed by atoms with Gasteiger partial charge in [0, 0.05) is 6.54 Å². The molecule has 1 saturated carbocycles. The van der Waals surface area contributed by atoms with Gasteiger partial charge >= 0.3 is 0 Å². The Morgan fingerprint density at radius 1 is 1.18 bits per heavy atom. The van der Waals surface area contributed by atoms with E-state index in [1.807, 2.05) is 0 Å². The van der Waals surface area contributed by atoms with Crippen LogP contribution in [-0.4, -0.2) is 13.1 Å². The van der Waals surface area contributed by atoms with Gasteiger partial charge in [-0.3, -0.25) is 0 Å².